The van der Waals surface area contributed by atoms with Crippen molar-refractivity contribution >= 4 is 0 Å². The highest BCUT2D eigenvalue weighted by atomic mass is 16.5. The number of nitrogens with zero attached hydrogens (tertiary/aromatic N) is 1. The van der Waals surface area contributed by atoms with E-state index >= 15 is 0 Å². The summed E-state index contributed by atoms with van der Waals surface area (Å²) >= 11 is 0. The molecule has 1 rings (SSSR count). The molecule has 0 aliphatic carbocycles. The molecule has 1 aliphatic heterocycles. The van der Waals surface area contributed by atoms with Gasteiger partial charge in [0.25, 0.3) is 0 Å². The monoisotopic (exact) mass is 400 g/mol. The summed E-state index contributed by atoms with van der Waals surface area (Å²) in [6, 6.07) is 0. The van der Waals surface area contributed by atoms with Gasteiger partial charge in [0.2, 0.25) is 0 Å². The maximum absolute atomic E-state index is 4.97. The van der Waals surface area contributed by atoms with Crippen molar-refractivity contribution < 1.29 is 4.74 Å². The molecule has 0 saturated carbocycles. The Morgan fingerprint density at radius 2 is 1.79 bits per heavy atom. The minimum Gasteiger partial charge on any atom is -0.376 e. The molecule has 3 heteroatoms. The number of hydrogen-bond donors (Lipinski definition) is 1. The van der Waals surface area contributed by atoms with Gasteiger partial charge < -0.3 is 9.64 Å². The highest BCUT2D eigenvalue weighted by molar-refractivity contribution is 5.22. The number of allylic oxidation sites excluding steroid dienone is 4. The first kappa shape index (κ1) is 25.5. The van der Waals surface area contributed by atoms with Crippen LogP contribution >= 0.6 is 0 Å². The van der Waals surface area contributed by atoms with Crippen molar-refractivity contribution in [3.8, 4) is 11.8 Å². The van der Waals surface area contributed by atoms with Gasteiger partial charge in [-0.25, -0.2) is 0 Å². The van der Waals surface area contributed by atoms with E-state index in [1.807, 2.05) is 0 Å². The lowest BCUT2D eigenvalue weighted by molar-refractivity contribution is 0.175. The second-order valence-electron chi connectivity index (χ2n) is 8.03. The summed E-state index contributed by atoms with van der Waals surface area (Å²) in [4.78, 5) is 2.24. The molecule has 0 spiro atoms. The Balaban J connectivity index is 1.81. The highest BCUT2D eigenvalue weighted by Crippen LogP contribution is 2.14. The zero-order valence-electron chi connectivity index (χ0n) is 19.1. The first-order chi connectivity index (χ1) is 14.3. The molecule has 164 valence electrons. The SMILES string of the molecule is COCNCCCCCCCCCCC=CC#CCCCCC1=CN(C)CC=C1. The van der Waals surface area contributed by atoms with E-state index in [2.05, 4.69) is 59.6 Å². The molecule has 0 radical (unpaired) electrons. The summed E-state index contributed by atoms with van der Waals surface area (Å²) in [5.41, 5.74) is 1.45. The van der Waals surface area contributed by atoms with Gasteiger partial charge in [-0.3, -0.25) is 5.32 Å². The molecule has 1 aliphatic rings. The molecule has 1 heterocycles. The van der Waals surface area contributed by atoms with Crippen LogP contribution in [0.3, 0.4) is 0 Å². The standard InChI is InChI=1S/C26H44N2O/c1-28-23-19-21-26(24-28)20-17-15-13-11-9-7-5-3-4-6-8-10-12-14-16-18-22-27-25-29-2/h5,7,19,21,24,27H,3-4,6,8,10,12-18,20,22-23,25H2,1-2H3. The number of rotatable bonds is 17. The largest absolute Gasteiger partial charge is 0.376 e. The van der Waals surface area contributed by atoms with Crippen LogP contribution in [0, 0.1) is 11.8 Å². The van der Waals surface area contributed by atoms with Gasteiger partial charge in [-0.05, 0) is 56.7 Å². The predicted octanol–water partition coefficient (Wildman–Crippen LogP) is 6.20. The van der Waals surface area contributed by atoms with Crippen molar-refractivity contribution in [2.45, 2.75) is 83.5 Å². The second kappa shape index (κ2) is 19.8. The van der Waals surface area contributed by atoms with Crippen LogP contribution in [0.25, 0.3) is 0 Å². The molecule has 3 nitrogen and oxygen atoms in total. The van der Waals surface area contributed by atoms with Crippen LogP contribution in [0.15, 0.2) is 36.1 Å². The first-order valence-corrected chi connectivity index (χ1v) is 11.7. The topological polar surface area (TPSA) is 24.5 Å². The van der Waals surface area contributed by atoms with Gasteiger partial charge in [-0.15, -0.1) is 0 Å². The molecular formula is C26H44N2O. The summed E-state index contributed by atoms with van der Waals surface area (Å²) in [6.45, 7) is 2.79. The van der Waals surface area contributed by atoms with Crippen molar-refractivity contribution in [1.29, 1.82) is 0 Å². The minimum absolute atomic E-state index is 0.675. The number of likely N-dealkylation sites (N-methyl/N-ethyl adjacent to an activating group) is 1. The normalized spacial score (nSPS) is 13.6. The van der Waals surface area contributed by atoms with Crippen LogP contribution in [0.5, 0.6) is 0 Å². The van der Waals surface area contributed by atoms with Gasteiger partial charge in [-0.1, -0.05) is 68.6 Å². The van der Waals surface area contributed by atoms with E-state index in [0.717, 1.165) is 19.5 Å². The average Bonchev–Trinajstić information content (AvgIpc) is 2.72. The number of unbranched alkanes of at least 4 members (excludes halogenated alkanes) is 10. The van der Waals surface area contributed by atoms with Gasteiger partial charge in [0.15, 0.2) is 0 Å². The molecule has 0 aromatic rings. The molecule has 1 N–H and O–H groups in total. The molecule has 0 aromatic carbocycles. The number of hydrogen-bond acceptors (Lipinski definition) is 3. The Hall–Kier alpha value is -1.50. The van der Waals surface area contributed by atoms with Gasteiger partial charge in [0, 0.05) is 33.3 Å². The Morgan fingerprint density at radius 1 is 1.03 bits per heavy atom. The molecule has 0 unspecified atom stereocenters. The zero-order valence-corrected chi connectivity index (χ0v) is 19.1. The third kappa shape index (κ3) is 17.1. The van der Waals surface area contributed by atoms with Crippen LogP contribution in [-0.4, -0.2) is 38.9 Å². The lowest BCUT2D eigenvalue weighted by Crippen LogP contribution is -2.17. The molecule has 0 bridgehead atoms. The van der Waals surface area contributed by atoms with E-state index in [1.54, 1.807) is 7.11 Å². The van der Waals surface area contributed by atoms with Gasteiger partial charge in [-0.2, -0.15) is 0 Å². The van der Waals surface area contributed by atoms with Gasteiger partial charge in [0.1, 0.15) is 0 Å². The fraction of sp³-hybridized carbons (Fsp3) is 0.692. The Labute approximate surface area is 180 Å². The molecule has 0 fully saturated rings. The Kier molecular flexibility index (Phi) is 17.4. The summed E-state index contributed by atoms with van der Waals surface area (Å²) in [7, 11) is 3.86. The van der Waals surface area contributed by atoms with E-state index in [0.29, 0.717) is 6.73 Å². The Bertz CT molecular complexity index is 525. The van der Waals surface area contributed by atoms with Crippen LogP contribution in [0.4, 0.5) is 0 Å². The van der Waals surface area contributed by atoms with E-state index in [1.165, 1.54) is 82.6 Å². The van der Waals surface area contributed by atoms with E-state index < -0.39 is 0 Å². The minimum atomic E-state index is 0.675. The molecule has 29 heavy (non-hydrogen) atoms. The molecule has 0 amide bonds. The predicted molar refractivity (Wildman–Crippen MR) is 127 cm³/mol. The molecule has 0 atom stereocenters. The van der Waals surface area contributed by atoms with E-state index in [9.17, 15) is 0 Å². The number of methoxy groups -OCH3 is 1. The highest BCUT2D eigenvalue weighted by Gasteiger charge is 2.00. The maximum Gasteiger partial charge on any atom is 0.0961 e. The van der Waals surface area contributed by atoms with Crippen LogP contribution in [-0.2, 0) is 4.74 Å². The summed E-state index contributed by atoms with van der Waals surface area (Å²) in [5.74, 6) is 6.48. The van der Waals surface area contributed by atoms with Crippen molar-refractivity contribution in [2.24, 2.45) is 0 Å². The lowest BCUT2D eigenvalue weighted by Gasteiger charge is -2.17. The first-order valence-electron chi connectivity index (χ1n) is 11.7. The van der Waals surface area contributed by atoms with Crippen LogP contribution in [0.1, 0.15) is 83.5 Å². The van der Waals surface area contributed by atoms with Gasteiger partial charge in [0.05, 0.1) is 6.73 Å². The molecular weight excluding hydrogens is 356 g/mol. The zero-order chi connectivity index (χ0) is 20.8. The number of ether oxygens (including phenoxy) is 1. The van der Waals surface area contributed by atoms with E-state index in [4.69, 9.17) is 4.74 Å². The lowest BCUT2D eigenvalue weighted by atomic mass is 10.1. The second-order valence-corrected chi connectivity index (χ2v) is 8.03. The van der Waals surface area contributed by atoms with Crippen LogP contribution in [0.2, 0.25) is 0 Å². The summed E-state index contributed by atoms with van der Waals surface area (Å²) < 4.78 is 4.97. The van der Waals surface area contributed by atoms with Crippen molar-refractivity contribution in [3.05, 3.63) is 36.1 Å². The molecule has 0 aromatic heterocycles. The van der Waals surface area contributed by atoms with Crippen molar-refractivity contribution in [3.63, 3.8) is 0 Å². The summed E-state index contributed by atoms with van der Waals surface area (Å²) in [6.07, 6.45) is 27.6. The summed E-state index contributed by atoms with van der Waals surface area (Å²) in [5, 5.41) is 3.26. The number of nitrogens with one attached hydrogen (secondary N) is 1. The van der Waals surface area contributed by atoms with Crippen molar-refractivity contribution in [1.82, 2.24) is 10.2 Å². The fourth-order valence-electron chi connectivity index (χ4n) is 3.46. The smallest absolute Gasteiger partial charge is 0.0961 e. The van der Waals surface area contributed by atoms with Gasteiger partial charge >= 0.3 is 0 Å². The average molecular weight is 401 g/mol. The van der Waals surface area contributed by atoms with Crippen LogP contribution < -0.4 is 5.32 Å². The third-order valence-electron chi connectivity index (χ3n) is 5.15. The molecule has 0 saturated heterocycles. The fourth-order valence-corrected chi connectivity index (χ4v) is 3.46. The van der Waals surface area contributed by atoms with E-state index in [-0.39, 0.29) is 0 Å². The Morgan fingerprint density at radius 3 is 2.55 bits per heavy atom. The maximum atomic E-state index is 4.97. The third-order valence-corrected chi connectivity index (χ3v) is 5.15. The quantitative estimate of drug-likeness (QED) is 0.179. The van der Waals surface area contributed by atoms with Crippen molar-refractivity contribution in [2.75, 3.05) is 34.0 Å².